The van der Waals surface area contributed by atoms with E-state index in [0.29, 0.717) is 5.92 Å². The third kappa shape index (κ3) is 1.29. The molecule has 1 atom stereocenters. The molecule has 0 spiro atoms. The van der Waals surface area contributed by atoms with Gasteiger partial charge in [-0.2, -0.15) is 0 Å². The molecule has 1 rings (SSSR count). The second-order valence-electron chi connectivity index (χ2n) is 2.50. The fourth-order valence-electron chi connectivity index (χ4n) is 0.816. The zero-order valence-electron chi connectivity index (χ0n) is 6.28. The predicted octanol–water partition coefficient (Wildman–Crippen LogP) is 1.63. The van der Waals surface area contributed by atoms with Gasteiger partial charge in [-0.15, -0.1) is 9.94 Å². The molecule has 0 aliphatic heterocycles. The number of aromatic nitrogens is 2. The standard InChI is InChI=1S/C7H12N2O/c1-3-6(2)7-4-8-9(10)5-7/h4-6,10H,3H2,1-2H3. The summed E-state index contributed by atoms with van der Waals surface area (Å²) in [6, 6.07) is 0. The summed E-state index contributed by atoms with van der Waals surface area (Å²) in [7, 11) is 0. The largest absolute Gasteiger partial charge is 0.412 e. The Kier molecular flexibility index (Phi) is 1.94. The molecule has 0 aromatic carbocycles. The van der Waals surface area contributed by atoms with Gasteiger partial charge in [-0.25, -0.2) is 0 Å². The Morgan fingerprint density at radius 2 is 2.50 bits per heavy atom. The normalized spacial score (nSPS) is 13.4. The van der Waals surface area contributed by atoms with Gasteiger partial charge in [-0.1, -0.05) is 13.8 Å². The van der Waals surface area contributed by atoms with Crippen LogP contribution in [0.4, 0.5) is 0 Å². The van der Waals surface area contributed by atoms with Crippen molar-refractivity contribution < 1.29 is 5.21 Å². The van der Waals surface area contributed by atoms with Crippen LogP contribution in [0.3, 0.4) is 0 Å². The highest BCUT2D eigenvalue weighted by Gasteiger charge is 2.04. The fourth-order valence-corrected chi connectivity index (χ4v) is 0.816. The smallest absolute Gasteiger partial charge is 0.0699 e. The molecular formula is C7H12N2O. The van der Waals surface area contributed by atoms with E-state index in [0.717, 1.165) is 16.8 Å². The predicted molar refractivity (Wildman–Crippen MR) is 38.1 cm³/mol. The van der Waals surface area contributed by atoms with Gasteiger partial charge in [0.05, 0.1) is 12.4 Å². The maximum absolute atomic E-state index is 8.80. The number of hydrogen-bond acceptors (Lipinski definition) is 2. The molecule has 3 heteroatoms. The van der Waals surface area contributed by atoms with Gasteiger partial charge in [-0.3, -0.25) is 0 Å². The van der Waals surface area contributed by atoms with Gasteiger partial charge in [0.1, 0.15) is 0 Å². The molecule has 0 bridgehead atoms. The van der Waals surface area contributed by atoms with Crippen molar-refractivity contribution in [1.29, 1.82) is 0 Å². The molecule has 0 amide bonds. The second kappa shape index (κ2) is 2.73. The zero-order valence-corrected chi connectivity index (χ0v) is 6.28. The van der Waals surface area contributed by atoms with E-state index in [4.69, 9.17) is 5.21 Å². The molecule has 1 aromatic rings. The molecule has 0 aliphatic carbocycles. The first-order chi connectivity index (χ1) is 4.74. The van der Waals surface area contributed by atoms with Crippen LogP contribution >= 0.6 is 0 Å². The van der Waals surface area contributed by atoms with Crippen LogP contribution in [0.15, 0.2) is 12.4 Å². The van der Waals surface area contributed by atoms with Gasteiger partial charge >= 0.3 is 0 Å². The highest BCUT2D eigenvalue weighted by atomic mass is 16.5. The van der Waals surface area contributed by atoms with E-state index in [-0.39, 0.29) is 0 Å². The van der Waals surface area contributed by atoms with Gasteiger partial charge in [0.15, 0.2) is 0 Å². The van der Waals surface area contributed by atoms with Crippen molar-refractivity contribution in [3.8, 4) is 0 Å². The Bertz CT molecular complexity index is 207. The molecule has 0 fully saturated rings. The Morgan fingerprint density at radius 1 is 1.80 bits per heavy atom. The van der Waals surface area contributed by atoms with E-state index in [1.54, 1.807) is 12.4 Å². The minimum absolute atomic E-state index is 0.487. The summed E-state index contributed by atoms with van der Waals surface area (Å²) in [5.74, 6) is 0.487. The molecule has 0 aliphatic rings. The summed E-state index contributed by atoms with van der Waals surface area (Å²) in [4.78, 5) is 0.849. The van der Waals surface area contributed by atoms with Crippen molar-refractivity contribution in [3.63, 3.8) is 0 Å². The lowest BCUT2D eigenvalue weighted by Crippen LogP contribution is -1.89. The molecule has 56 valence electrons. The van der Waals surface area contributed by atoms with Crippen molar-refractivity contribution in [2.24, 2.45) is 0 Å². The highest BCUT2D eigenvalue weighted by Crippen LogP contribution is 2.16. The van der Waals surface area contributed by atoms with Crippen LogP contribution in [0.25, 0.3) is 0 Å². The minimum atomic E-state index is 0.487. The SMILES string of the molecule is CCC(C)c1cnn(O)c1. The van der Waals surface area contributed by atoms with E-state index in [1.165, 1.54) is 0 Å². The summed E-state index contributed by atoms with van der Waals surface area (Å²) in [5.41, 5.74) is 1.09. The summed E-state index contributed by atoms with van der Waals surface area (Å²) in [6.07, 6.45) is 4.40. The lowest BCUT2D eigenvalue weighted by Gasteiger charge is -2.01. The van der Waals surface area contributed by atoms with Crippen LogP contribution in [0.2, 0.25) is 0 Å². The van der Waals surface area contributed by atoms with E-state index >= 15 is 0 Å². The first-order valence-corrected chi connectivity index (χ1v) is 3.48. The second-order valence-corrected chi connectivity index (χ2v) is 2.50. The first kappa shape index (κ1) is 7.12. The summed E-state index contributed by atoms with van der Waals surface area (Å²) in [6.45, 7) is 4.22. The number of hydrogen-bond donors (Lipinski definition) is 1. The minimum Gasteiger partial charge on any atom is -0.412 e. The Hall–Kier alpha value is -0.990. The zero-order chi connectivity index (χ0) is 7.56. The summed E-state index contributed by atoms with van der Waals surface area (Å²) >= 11 is 0. The van der Waals surface area contributed by atoms with E-state index in [1.807, 2.05) is 0 Å². The maximum Gasteiger partial charge on any atom is 0.0699 e. The molecule has 1 unspecified atom stereocenters. The van der Waals surface area contributed by atoms with E-state index < -0.39 is 0 Å². The molecule has 1 N–H and O–H groups in total. The van der Waals surface area contributed by atoms with Gasteiger partial charge in [0, 0.05) is 0 Å². The molecule has 1 aromatic heterocycles. The molecule has 0 saturated carbocycles. The van der Waals surface area contributed by atoms with Crippen LogP contribution < -0.4 is 0 Å². The quantitative estimate of drug-likeness (QED) is 0.634. The van der Waals surface area contributed by atoms with Crippen molar-refractivity contribution in [1.82, 2.24) is 9.94 Å². The van der Waals surface area contributed by atoms with Crippen molar-refractivity contribution in [2.45, 2.75) is 26.2 Å². The molecule has 0 radical (unpaired) electrons. The Labute approximate surface area is 60.2 Å². The van der Waals surface area contributed by atoms with Crippen LogP contribution in [-0.2, 0) is 0 Å². The number of nitrogens with zero attached hydrogens (tertiary/aromatic N) is 2. The third-order valence-electron chi connectivity index (χ3n) is 1.77. The van der Waals surface area contributed by atoms with Crippen molar-refractivity contribution in [3.05, 3.63) is 18.0 Å². The fraction of sp³-hybridized carbons (Fsp3) is 0.571. The summed E-state index contributed by atoms with van der Waals surface area (Å²) in [5, 5.41) is 12.5. The van der Waals surface area contributed by atoms with Crippen molar-refractivity contribution in [2.75, 3.05) is 0 Å². The van der Waals surface area contributed by atoms with Crippen molar-refractivity contribution >= 4 is 0 Å². The summed E-state index contributed by atoms with van der Waals surface area (Å²) < 4.78 is 0. The van der Waals surface area contributed by atoms with Gasteiger partial charge in [0.25, 0.3) is 0 Å². The third-order valence-corrected chi connectivity index (χ3v) is 1.77. The average molecular weight is 140 g/mol. The maximum atomic E-state index is 8.80. The molecular weight excluding hydrogens is 128 g/mol. The van der Waals surface area contributed by atoms with Crippen LogP contribution in [-0.4, -0.2) is 15.2 Å². The number of rotatable bonds is 2. The monoisotopic (exact) mass is 140 g/mol. The van der Waals surface area contributed by atoms with Crippen LogP contribution in [0.5, 0.6) is 0 Å². The van der Waals surface area contributed by atoms with Gasteiger partial charge < -0.3 is 5.21 Å². The lowest BCUT2D eigenvalue weighted by molar-refractivity contribution is 0.148. The lowest BCUT2D eigenvalue weighted by atomic mass is 10.0. The van der Waals surface area contributed by atoms with Crippen LogP contribution in [0, 0.1) is 0 Å². The van der Waals surface area contributed by atoms with Gasteiger partial charge in [-0.05, 0) is 17.9 Å². The van der Waals surface area contributed by atoms with E-state index in [9.17, 15) is 0 Å². The Balaban J connectivity index is 2.74. The van der Waals surface area contributed by atoms with Crippen LogP contribution in [0.1, 0.15) is 31.7 Å². The molecule has 10 heavy (non-hydrogen) atoms. The Morgan fingerprint density at radius 3 is 2.90 bits per heavy atom. The van der Waals surface area contributed by atoms with E-state index in [2.05, 4.69) is 18.9 Å². The molecule has 0 saturated heterocycles. The molecule has 3 nitrogen and oxygen atoms in total. The highest BCUT2D eigenvalue weighted by molar-refractivity contribution is 5.08. The first-order valence-electron chi connectivity index (χ1n) is 3.48. The topological polar surface area (TPSA) is 38.0 Å². The molecule has 1 heterocycles. The average Bonchev–Trinajstić information content (AvgIpc) is 2.34. The van der Waals surface area contributed by atoms with Gasteiger partial charge in [0.2, 0.25) is 0 Å².